The van der Waals surface area contributed by atoms with Crippen molar-refractivity contribution in [2.75, 3.05) is 23.7 Å². The number of fused-ring (bicyclic) bond motifs is 2. The van der Waals surface area contributed by atoms with Crippen molar-refractivity contribution in [1.29, 1.82) is 0 Å². The van der Waals surface area contributed by atoms with Gasteiger partial charge in [-0.1, -0.05) is 41.8 Å². The molecule has 4 heterocycles. The van der Waals surface area contributed by atoms with Crippen LogP contribution in [0, 0.1) is 46.8 Å². The molecule has 85 heavy (non-hydrogen) atoms. The summed E-state index contributed by atoms with van der Waals surface area (Å²) in [5.41, 5.74) is 3.30. The molecule has 0 saturated heterocycles. The first-order valence-electron chi connectivity index (χ1n) is 25.5. The van der Waals surface area contributed by atoms with Crippen LogP contribution in [0.5, 0.6) is 11.5 Å². The summed E-state index contributed by atoms with van der Waals surface area (Å²) >= 11 is 3.09. The predicted molar refractivity (Wildman–Crippen MR) is 328 cm³/mol. The third-order valence-electron chi connectivity index (χ3n) is 13.2. The van der Waals surface area contributed by atoms with Crippen LogP contribution in [0.25, 0.3) is 33.2 Å². The Bertz CT molecular complexity index is 4190. The normalized spacial score (nSPS) is 14.9. The van der Waals surface area contributed by atoms with Gasteiger partial charge in [0.15, 0.2) is 11.6 Å². The van der Waals surface area contributed by atoms with E-state index in [1.54, 1.807) is 0 Å². The van der Waals surface area contributed by atoms with Crippen molar-refractivity contribution in [3.8, 4) is 46.2 Å². The maximum atomic E-state index is 15.2. The first kappa shape index (κ1) is 67.2. The molecule has 0 aliphatic heterocycles. The van der Waals surface area contributed by atoms with E-state index in [9.17, 15) is 48.4 Å². The van der Waals surface area contributed by atoms with E-state index in [2.05, 4.69) is 87.7 Å². The maximum absolute atomic E-state index is 15.2. The van der Waals surface area contributed by atoms with Crippen molar-refractivity contribution in [3.05, 3.63) is 152 Å². The van der Waals surface area contributed by atoms with Gasteiger partial charge >= 0.3 is 0 Å². The zero-order chi connectivity index (χ0) is 60.1. The second-order valence-corrected chi connectivity index (χ2v) is 29.4. The van der Waals surface area contributed by atoms with Gasteiger partial charge in [-0.2, -0.15) is 19.8 Å². The highest BCUT2D eigenvalue weighted by Crippen LogP contribution is 2.38. The number of halogens is 7. The van der Waals surface area contributed by atoms with Crippen LogP contribution in [0.1, 0.15) is 56.9 Å². The molecule has 4 aromatic carbocycles. The summed E-state index contributed by atoms with van der Waals surface area (Å²) in [6.45, 7) is 6.53. The highest BCUT2D eigenvalue weighted by atomic mass is 79.9. The zero-order valence-electron chi connectivity index (χ0n) is 46.5. The molecule has 2 fully saturated rings. The van der Waals surface area contributed by atoms with Gasteiger partial charge in [-0.15, -0.1) is 11.5 Å². The molecule has 8 aromatic rings. The van der Waals surface area contributed by atoms with Gasteiger partial charge in [0, 0.05) is 90.8 Å². The second-order valence-electron chi connectivity index (χ2n) is 20.4. The Balaban J connectivity index is 0.000000223. The third kappa shape index (κ3) is 17.0. The number of anilines is 2. The molecule has 28 heteroatoms. The molecule has 0 amide bonds. The number of sulfonamides is 2. The molecule has 0 spiro atoms. The third-order valence-corrected chi connectivity index (χ3v) is 17.4. The molecule has 2 saturated carbocycles. The number of ether oxygens (including phenoxy) is 2. The van der Waals surface area contributed by atoms with Gasteiger partial charge < -0.3 is 18.5 Å². The van der Waals surface area contributed by atoms with Crippen molar-refractivity contribution in [2.24, 2.45) is 11.8 Å². The van der Waals surface area contributed by atoms with Crippen molar-refractivity contribution >= 4 is 97.3 Å². The Morgan fingerprint density at radius 3 is 1.45 bits per heavy atom. The topological polar surface area (TPSA) is 207 Å². The SMILES string of the molecule is COc1cc(Br)c(F)cc1-n1c(=O)ccc2cc(S(=O)(=O)Nc3ccon3)ccc21.COc1cc(C#CC2CCC(F)(F)CC2)c(F)cc1-n1c(=O)ccc2cc(S(=O)(=O)Nc3ccon3)ccc21.C[Si](C)(C)C#CC1CCC(F)(F)CC1.P.P. The minimum Gasteiger partial charge on any atom is -0.495 e. The quantitative estimate of drug-likeness (QED) is 0.0568. The molecular weight excluding hydrogens is 1280 g/mol. The average Bonchev–Trinajstić information content (AvgIpc) is 1.53. The zero-order valence-corrected chi connectivity index (χ0v) is 53.5. The van der Waals surface area contributed by atoms with E-state index in [4.69, 9.17) is 9.47 Å². The Labute approximate surface area is 501 Å². The molecule has 0 bridgehead atoms. The molecule has 2 aliphatic rings. The van der Waals surface area contributed by atoms with E-state index in [0.717, 1.165) is 6.07 Å². The Kier molecular flexibility index (Phi) is 21.8. The summed E-state index contributed by atoms with van der Waals surface area (Å²) in [7, 11) is -6.52. The number of hydrogen-bond acceptors (Lipinski definition) is 12. The fourth-order valence-corrected chi connectivity index (χ4v) is 11.9. The number of methoxy groups -OCH3 is 2. The van der Waals surface area contributed by atoms with E-state index >= 15 is 4.39 Å². The van der Waals surface area contributed by atoms with Gasteiger partial charge in [-0.05, 0) is 96.2 Å². The standard InChI is InChI=1S/C27H22F3N3O5S.C19H13BrFN3O5S.C11H18F2Si.2H3P/c1-37-24-15-18(3-2-17-8-11-27(29,30)12-9-17)21(28)16-23(24)33-22-6-5-20(14-19(22)4-7-26(33)34)39(35,36)32-25-10-13-38-31-25;1-28-17-9-13(20)14(21)10-16(17)24-15-4-3-12(8-11(15)2-5-19(24)25)30(26,27)23-18-6-7-29-22-18;1-14(2,3)9-6-10-4-7-11(12,13)8-5-10;;/h4-7,10,13-17H,8-9,11-12H2,1H3,(H,31,32);2-10H,1H3,(H,22,23);10H,4-5,7-8H2,1-3H3;2*1H3. The minimum absolute atomic E-state index is 0. The van der Waals surface area contributed by atoms with E-state index in [1.165, 1.54) is 127 Å². The first-order chi connectivity index (χ1) is 39.1. The van der Waals surface area contributed by atoms with Crippen LogP contribution in [-0.2, 0) is 20.0 Å². The summed E-state index contributed by atoms with van der Waals surface area (Å²) in [6.07, 6.45) is 3.62. The van der Waals surface area contributed by atoms with Crippen molar-refractivity contribution < 1.29 is 61.7 Å². The van der Waals surface area contributed by atoms with Crippen LogP contribution in [0.15, 0.2) is 142 Å². The van der Waals surface area contributed by atoms with Gasteiger partial charge in [0.2, 0.25) is 11.8 Å². The highest BCUT2D eigenvalue weighted by Gasteiger charge is 2.35. The number of nitrogens with one attached hydrogen (secondary N) is 2. The van der Waals surface area contributed by atoms with E-state index in [-0.39, 0.29) is 124 Å². The van der Waals surface area contributed by atoms with Crippen LogP contribution in [-0.4, -0.2) is 70.4 Å². The van der Waals surface area contributed by atoms with Gasteiger partial charge in [0.05, 0.1) is 56.5 Å². The maximum Gasteiger partial charge on any atom is 0.263 e. The summed E-state index contributed by atoms with van der Waals surface area (Å²) in [5.74, 6) is 2.81. The summed E-state index contributed by atoms with van der Waals surface area (Å²) < 4.78 is 160. The average molecular weight is 1340 g/mol. The first-order valence-corrected chi connectivity index (χ1v) is 32.8. The molecule has 2 atom stereocenters. The minimum atomic E-state index is -4.01. The van der Waals surface area contributed by atoms with E-state index < -0.39 is 62.7 Å². The molecule has 2 unspecified atom stereocenters. The number of hydrogen-bond donors (Lipinski definition) is 2. The number of rotatable bonds is 10. The highest BCUT2D eigenvalue weighted by molar-refractivity contribution is 9.10. The predicted octanol–water partition coefficient (Wildman–Crippen LogP) is 12.6. The van der Waals surface area contributed by atoms with Gasteiger partial charge in [0.25, 0.3) is 31.2 Å². The summed E-state index contributed by atoms with van der Waals surface area (Å²) in [6, 6.07) is 21.5. The Morgan fingerprint density at radius 2 is 1.04 bits per heavy atom. The van der Waals surface area contributed by atoms with Crippen LogP contribution in [0.3, 0.4) is 0 Å². The number of aromatic nitrogens is 4. The Hall–Kier alpha value is -6.92. The van der Waals surface area contributed by atoms with Crippen LogP contribution >= 0.6 is 35.7 Å². The summed E-state index contributed by atoms with van der Waals surface area (Å²) in [5, 5.41) is 7.89. The van der Waals surface area contributed by atoms with Crippen LogP contribution in [0.2, 0.25) is 19.6 Å². The van der Waals surface area contributed by atoms with Crippen molar-refractivity contribution in [1.82, 2.24) is 19.4 Å². The van der Waals surface area contributed by atoms with Crippen LogP contribution < -0.4 is 30.0 Å². The van der Waals surface area contributed by atoms with E-state index in [0.29, 0.717) is 34.6 Å². The monoisotopic (exact) mass is 1330 g/mol. The molecule has 16 nitrogen and oxygen atoms in total. The van der Waals surface area contributed by atoms with Gasteiger partial charge in [-0.25, -0.2) is 43.2 Å². The number of pyridine rings is 2. The number of alkyl halides is 4. The van der Waals surface area contributed by atoms with E-state index in [1.807, 2.05) is 0 Å². The summed E-state index contributed by atoms with van der Waals surface area (Å²) in [4.78, 5) is 25.4. The lowest BCUT2D eigenvalue weighted by Gasteiger charge is -2.25. The molecule has 452 valence electrons. The fraction of sp³-hybridized carbons (Fsp3) is 0.298. The lowest BCUT2D eigenvalue weighted by Crippen LogP contribution is -2.24. The van der Waals surface area contributed by atoms with Crippen LogP contribution in [0.4, 0.5) is 38.0 Å². The molecule has 4 aromatic heterocycles. The van der Waals surface area contributed by atoms with Gasteiger partial charge in [0.1, 0.15) is 43.7 Å². The molecule has 2 aliphatic carbocycles. The fourth-order valence-electron chi connectivity index (χ4n) is 8.90. The Morgan fingerprint density at radius 1 is 0.612 bits per heavy atom. The van der Waals surface area contributed by atoms with Crippen molar-refractivity contribution in [2.45, 2.75) is 92.6 Å². The number of nitrogens with zero attached hydrogens (tertiary/aromatic N) is 4. The molecule has 2 N–H and O–H groups in total. The lowest BCUT2D eigenvalue weighted by atomic mass is 9.87. The second kappa shape index (κ2) is 27.6. The van der Waals surface area contributed by atoms with Gasteiger partial charge in [-0.3, -0.25) is 28.2 Å². The number of benzene rings is 4. The molecule has 10 rings (SSSR count). The largest absolute Gasteiger partial charge is 0.495 e. The smallest absolute Gasteiger partial charge is 0.263 e. The molecule has 0 radical (unpaired) electrons. The lowest BCUT2D eigenvalue weighted by molar-refractivity contribution is -0.0408. The molecular formula is C57H59BrF6N6O10P2S2Si. The van der Waals surface area contributed by atoms with Crippen molar-refractivity contribution in [3.63, 3.8) is 0 Å².